The van der Waals surface area contributed by atoms with Crippen molar-refractivity contribution in [2.45, 2.75) is 24.2 Å². The van der Waals surface area contributed by atoms with Crippen molar-refractivity contribution in [1.82, 2.24) is 5.32 Å². The van der Waals surface area contributed by atoms with Gasteiger partial charge in [-0.15, -0.1) is 0 Å². The van der Waals surface area contributed by atoms with Crippen LogP contribution < -0.4 is 11.1 Å². The highest BCUT2D eigenvalue weighted by atomic mass is 19.3. The molecule has 1 fully saturated rings. The van der Waals surface area contributed by atoms with E-state index in [-0.39, 0.29) is 31.8 Å². The largest absolute Gasteiger partial charge is 0.355 e. The molecule has 0 saturated heterocycles. The van der Waals surface area contributed by atoms with Crippen LogP contribution in [0.15, 0.2) is 30.3 Å². The number of carbonyl (C=O) groups excluding carboxylic acids is 1. The summed E-state index contributed by atoms with van der Waals surface area (Å²) in [7, 11) is 0. The van der Waals surface area contributed by atoms with Crippen molar-refractivity contribution in [2.75, 3.05) is 13.1 Å². The van der Waals surface area contributed by atoms with E-state index < -0.39 is 11.3 Å². The molecule has 1 aliphatic carbocycles. The van der Waals surface area contributed by atoms with Gasteiger partial charge in [-0.05, 0) is 5.56 Å². The maximum Gasteiger partial charge on any atom is 0.260 e. The first kappa shape index (κ1) is 13.0. The van der Waals surface area contributed by atoms with Crippen LogP contribution in [0, 0.1) is 0 Å². The molecule has 5 heteroatoms. The number of nitrogens with two attached hydrogens (primary N) is 1. The molecule has 1 amide bonds. The first-order valence-corrected chi connectivity index (χ1v) is 5.92. The molecule has 0 aliphatic heterocycles. The number of halogens is 2. The minimum atomic E-state index is -2.75. The zero-order valence-corrected chi connectivity index (χ0v) is 9.96. The second kappa shape index (κ2) is 4.65. The fourth-order valence-corrected chi connectivity index (χ4v) is 2.17. The average Bonchev–Trinajstić information content (AvgIpc) is 2.92. The van der Waals surface area contributed by atoms with Crippen molar-refractivity contribution < 1.29 is 13.6 Å². The Morgan fingerprint density at radius 3 is 2.44 bits per heavy atom. The first-order valence-electron chi connectivity index (χ1n) is 5.92. The number of alkyl halides is 2. The molecule has 3 N–H and O–H groups in total. The lowest BCUT2D eigenvalue weighted by atomic mass is 9.95. The fourth-order valence-electron chi connectivity index (χ4n) is 2.17. The molecule has 1 unspecified atom stereocenters. The highest BCUT2D eigenvalue weighted by Gasteiger charge is 2.71. The summed E-state index contributed by atoms with van der Waals surface area (Å²) in [5.74, 6) is -3.03. The number of rotatable bonds is 5. The number of nitrogens with one attached hydrogen (secondary N) is 1. The van der Waals surface area contributed by atoms with Crippen LogP contribution in [0.25, 0.3) is 0 Å². The van der Waals surface area contributed by atoms with Gasteiger partial charge in [0.25, 0.3) is 5.92 Å². The Labute approximate surface area is 104 Å². The summed E-state index contributed by atoms with van der Waals surface area (Å²) in [6.07, 6.45) is -0.0522. The predicted octanol–water partition coefficient (Wildman–Crippen LogP) is 1.43. The summed E-state index contributed by atoms with van der Waals surface area (Å²) in [4.78, 5) is 11.3. The second-order valence-electron chi connectivity index (χ2n) is 4.64. The van der Waals surface area contributed by atoms with E-state index in [2.05, 4.69) is 5.32 Å². The first-order chi connectivity index (χ1) is 8.52. The van der Waals surface area contributed by atoms with Crippen molar-refractivity contribution in [3.63, 3.8) is 0 Å². The van der Waals surface area contributed by atoms with Gasteiger partial charge in [0.15, 0.2) is 0 Å². The molecule has 0 spiro atoms. The lowest BCUT2D eigenvalue weighted by Crippen LogP contribution is -2.36. The lowest BCUT2D eigenvalue weighted by Gasteiger charge is -2.17. The molecule has 3 nitrogen and oxygen atoms in total. The van der Waals surface area contributed by atoms with Crippen molar-refractivity contribution in [3.8, 4) is 0 Å². The summed E-state index contributed by atoms with van der Waals surface area (Å²) in [5.41, 5.74) is 4.57. The van der Waals surface area contributed by atoms with E-state index in [1.807, 2.05) is 0 Å². The fraction of sp³-hybridized carbons (Fsp3) is 0.462. The Morgan fingerprint density at radius 2 is 1.94 bits per heavy atom. The molecule has 2 rings (SSSR count). The van der Waals surface area contributed by atoms with Gasteiger partial charge in [-0.3, -0.25) is 4.79 Å². The van der Waals surface area contributed by atoms with Gasteiger partial charge in [-0.1, -0.05) is 30.3 Å². The molecular formula is C13H16F2N2O. The van der Waals surface area contributed by atoms with E-state index in [9.17, 15) is 13.6 Å². The molecule has 0 bridgehead atoms. The number of carbonyl (C=O) groups is 1. The van der Waals surface area contributed by atoms with Crippen molar-refractivity contribution in [1.29, 1.82) is 0 Å². The third-order valence-electron chi connectivity index (χ3n) is 3.38. The third-order valence-corrected chi connectivity index (χ3v) is 3.38. The van der Waals surface area contributed by atoms with E-state index >= 15 is 0 Å². The quantitative estimate of drug-likeness (QED) is 0.835. The molecule has 1 aliphatic rings. The van der Waals surface area contributed by atoms with Crippen molar-refractivity contribution in [3.05, 3.63) is 35.9 Å². The van der Waals surface area contributed by atoms with E-state index in [0.717, 1.165) is 0 Å². The molecule has 1 saturated carbocycles. The molecule has 1 aromatic rings. The number of amides is 1. The average molecular weight is 254 g/mol. The standard InChI is InChI=1S/C13H16F2N2O/c14-13(15)8-12(13,9-17-11(18)6-7-16)10-4-2-1-3-5-10/h1-5H,6-9,16H2,(H,17,18). The zero-order valence-electron chi connectivity index (χ0n) is 9.96. The Kier molecular flexibility index (Phi) is 3.34. The van der Waals surface area contributed by atoms with Gasteiger partial charge in [0.1, 0.15) is 0 Å². The minimum Gasteiger partial charge on any atom is -0.355 e. The monoisotopic (exact) mass is 254 g/mol. The minimum absolute atomic E-state index is 0.0388. The zero-order chi connectivity index (χ0) is 13.2. The summed E-state index contributed by atoms with van der Waals surface area (Å²) >= 11 is 0. The number of hydrogen-bond donors (Lipinski definition) is 2. The van der Waals surface area contributed by atoms with Crippen LogP contribution in [0.5, 0.6) is 0 Å². The second-order valence-corrected chi connectivity index (χ2v) is 4.64. The topological polar surface area (TPSA) is 55.1 Å². The van der Waals surface area contributed by atoms with Gasteiger partial charge in [-0.2, -0.15) is 0 Å². The van der Waals surface area contributed by atoms with Gasteiger partial charge in [0, 0.05) is 25.9 Å². The normalized spacial score (nSPS) is 24.6. The van der Waals surface area contributed by atoms with Gasteiger partial charge in [0.05, 0.1) is 5.41 Å². The Bertz CT molecular complexity index is 436. The van der Waals surface area contributed by atoms with Crippen LogP contribution in [0.4, 0.5) is 8.78 Å². The SMILES string of the molecule is NCCC(=O)NCC1(c2ccccc2)CC1(F)F. The summed E-state index contributed by atoms with van der Waals surface area (Å²) < 4.78 is 27.2. The van der Waals surface area contributed by atoms with E-state index in [1.165, 1.54) is 0 Å². The molecule has 0 heterocycles. The van der Waals surface area contributed by atoms with Crippen molar-refractivity contribution >= 4 is 5.91 Å². The molecule has 98 valence electrons. The Balaban J connectivity index is 2.09. The smallest absolute Gasteiger partial charge is 0.260 e. The lowest BCUT2D eigenvalue weighted by molar-refractivity contribution is -0.121. The van der Waals surface area contributed by atoms with E-state index in [0.29, 0.717) is 5.56 Å². The van der Waals surface area contributed by atoms with Crippen LogP contribution in [-0.2, 0) is 10.2 Å². The molecule has 0 radical (unpaired) electrons. The highest BCUT2D eigenvalue weighted by molar-refractivity contribution is 5.76. The van der Waals surface area contributed by atoms with E-state index in [4.69, 9.17) is 5.73 Å². The van der Waals surface area contributed by atoms with Gasteiger partial charge in [0.2, 0.25) is 5.91 Å². The molecule has 1 atom stereocenters. The molecular weight excluding hydrogens is 238 g/mol. The number of benzene rings is 1. The van der Waals surface area contributed by atoms with Crippen LogP contribution >= 0.6 is 0 Å². The summed E-state index contributed by atoms with van der Waals surface area (Å²) in [6.45, 7) is 0.184. The van der Waals surface area contributed by atoms with Gasteiger partial charge in [-0.25, -0.2) is 8.78 Å². The van der Waals surface area contributed by atoms with Crippen LogP contribution in [0.2, 0.25) is 0 Å². The highest BCUT2D eigenvalue weighted by Crippen LogP contribution is 2.61. The molecule has 0 aromatic heterocycles. The number of hydrogen-bond acceptors (Lipinski definition) is 2. The Hall–Kier alpha value is -1.49. The van der Waals surface area contributed by atoms with Crippen LogP contribution in [0.1, 0.15) is 18.4 Å². The Morgan fingerprint density at radius 1 is 1.33 bits per heavy atom. The van der Waals surface area contributed by atoms with Crippen molar-refractivity contribution in [2.24, 2.45) is 5.73 Å². The van der Waals surface area contributed by atoms with Gasteiger partial charge >= 0.3 is 0 Å². The predicted molar refractivity (Wildman–Crippen MR) is 64.4 cm³/mol. The third kappa shape index (κ3) is 2.22. The van der Waals surface area contributed by atoms with E-state index in [1.54, 1.807) is 30.3 Å². The molecule has 1 aromatic carbocycles. The molecule has 18 heavy (non-hydrogen) atoms. The maximum absolute atomic E-state index is 13.6. The summed E-state index contributed by atoms with van der Waals surface area (Å²) in [6, 6.07) is 8.59. The van der Waals surface area contributed by atoms with Gasteiger partial charge < -0.3 is 11.1 Å². The summed E-state index contributed by atoms with van der Waals surface area (Å²) in [5, 5.41) is 2.54. The van der Waals surface area contributed by atoms with Crippen LogP contribution in [0.3, 0.4) is 0 Å². The maximum atomic E-state index is 13.6. The van der Waals surface area contributed by atoms with Crippen LogP contribution in [-0.4, -0.2) is 24.9 Å².